The lowest BCUT2D eigenvalue weighted by atomic mass is 10.2. The molecule has 0 radical (unpaired) electrons. The van der Waals surface area contributed by atoms with Crippen LogP contribution in [0, 0.1) is 0 Å². The molecule has 0 spiro atoms. The first-order valence-corrected chi connectivity index (χ1v) is 10.2. The van der Waals surface area contributed by atoms with Gasteiger partial charge in [-0.3, -0.25) is 9.98 Å². The van der Waals surface area contributed by atoms with Crippen molar-refractivity contribution in [2.45, 2.75) is 24.7 Å². The van der Waals surface area contributed by atoms with E-state index in [2.05, 4.69) is 14.7 Å². The average Bonchev–Trinajstić information content (AvgIpc) is 3.15. The number of phenolic OH excluding ortho intramolecular Hbond substituents is 1. The lowest BCUT2D eigenvalue weighted by Crippen LogP contribution is -2.72. The highest BCUT2D eigenvalue weighted by molar-refractivity contribution is 7.90. The van der Waals surface area contributed by atoms with Crippen LogP contribution in [-0.2, 0) is 10.0 Å². The van der Waals surface area contributed by atoms with Gasteiger partial charge in [0.15, 0.2) is 11.5 Å². The number of hydrogen-bond acceptors (Lipinski definition) is 5. The molecule has 0 amide bonds. The molecule has 2 aromatic rings. The summed E-state index contributed by atoms with van der Waals surface area (Å²) in [7, 11) is -3.66. The number of hydrogen-bond donors (Lipinski definition) is 3. The molecule has 1 aliphatic heterocycles. The number of nitrogens with one attached hydrogen (secondary N) is 2. The summed E-state index contributed by atoms with van der Waals surface area (Å²) in [5.74, 6) is 0.988. The molecule has 0 fully saturated rings. The molecule has 0 aromatic heterocycles. The maximum absolute atomic E-state index is 12.5. The van der Waals surface area contributed by atoms with Crippen LogP contribution < -0.4 is 14.5 Å². The van der Waals surface area contributed by atoms with Crippen molar-refractivity contribution < 1.29 is 23.3 Å². The van der Waals surface area contributed by atoms with Crippen LogP contribution in [0.15, 0.2) is 52.4 Å². The van der Waals surface area contributed by atoms with E-state index in [1.165, 1.54) is 18.3 Å². The maximum Gasteiger partial charge on any atom is 0.328 e. The SMILES string of the molecule is CCOc1cccc(C=Nc2cccc(S(=O)(=O)NC3=[NH+]CCC3)c2)c1O. The standard InChI is InChI=1S/C19H21N3O4S/c1-2-26-17-9-3-6-14(19(17)23)13-21-15-7-4-8-16(12-15)27(24,25)22-18-10-5-11-20-18/h3-4,6-9,12-13,23H,2,5,10-11H2,1H3,(H,20,22)/p+1. The second-order valence-corrected chi connectivity index (χ2v) is 7.68. The third-order valence-corrected chi connectivity index (χ3v) is 5.40. The van der Waals surface area contributed by atoms with Gasteiger partial charge in [0.05, 0.1) is 25.3 Å². The van der Waals surface area contributed by atoms with Crippen LogP contribution in [0.25, 0.3) is 0 Å². The summed E-state index contributed by atoms with van der Waals surface area (Å²) >= 11 is 0. The van der Waals surface area contributed by atoms with Crippen molar-refractivity contribution in [1.29, 1.82) is 0 Å². The molecule has 0 bridgehead atoms. The molecule has 0 unspecified atom stereocenters. The minimum atomic E-state index is -3.66. The monoisotopic (exact) mass is 388 g/mol. The summed E-state index contributed by atoms with van der Waals surface area (Å²) in [6, 6.07) is 11.4. The van der Waals surface area contributed by atoms with Gasteiger partial charge in [0.25, 0.3) is 5.84 Å². The van der Waals surface area contributed by atoms with E-state index in [9.17, 15) is 13.5 Å². The second-order valence-electron chi connectivity index (χ2n) is 6.00. The zero-order chi connectivity index (χ0) is 19.3. The first kappa shape index (κ1) is 18.9. The Morgan fingerprint density at radius 1 is 1.30 bits per heavy atom. The van der Waals surface area contributed by atoms with Crippen LogP contribution in [0.2, 0.25) is 0 Å². The third-order valence-electron chi connectivity index (χ3n) is 4.01. The van der Waals surface area contributed by atoms with Crippen molar-refractivity contribution in [3.8, 4) is 11.5 Å². The molecule has 142 valence electrons. The summed E-state index contributed by atoms with van der Waals surface area (Å²) < 4.78 is 32.9. The predicted molar refractivity (Wildman–Crippen MR) is 103 cm³/mol. The molecule has 0 saturated carbocycles. The van der Waals surface area contributed by atoms with E-state index in [1.54, 1.807) is 30.3 Å². The number of aromatic hydroxyl groups is 1. The molecule has 1 heterocycles. The molecule has 8 heteroatoms. The van der Waals surface area contributed by atoms with Gasteiger partial charge in [0, 0.05) is 11.8 Å². The second kappa shape index (κ2) is 8.22. The lowest BCUT2D eigenvalue weighted by Gasteiger charge is -2.07. The van der Waals surface area contributed by atoms with Crippen molar-refractivity contribution >= 4 is 27.8 Å². The van der Waals surface area contributed by atoms with E-state index in [4.69, 9.17) is 4.74 Å². The Kier molecular flexibility index (Phi) is 5.75. The fourth-order valence-electron chi connectivity index (χ4n) is 2.69. The summed E-state index contributed by atoms with van der Waals surface area (Å²) in [6.07, 6.45) is 3.07. The first-order chi connectivity index (χ1) is 13.0. The predicted octanol–water partition coefficient (Wildman–Crippen LogP) is 1.09. The summed E-state index contributed by atoms with van der Waals surface area (Å²) in [6.45, 7) is 3.04. The molecule has 2 aromatic carbocycles. The van der Waals surface area contributed by atoms with Crippen LogP contribution in [0.3, 0.4) is 0 Å². The van der Waals surface area contributed by atoms with Crippen LogP contribution in [0.1, 0.15) is 25.3 Å². The highest BCUT2D eigenvalue weighted by atomic mass is 32.2. The number of benzene rings is 2. The van der Waals surface area contributed by atoms with E-state index >= 15 is 0 Å². The Bertz CT molecular complexity index is 984. The number of nitrogens with zero attached hydrogens (tertiary/aromatic N) is 1. The van der Waals surface area contributed by atoms with Crippen LogP contribution in [-0.4, -0.2) is 38.7 Å². The fraction of sp³-hybridized carbons (Fsp3) is 0.263. The number of sulfonamides is 1. The third kappa shape index (κ3) is 4.65. The van der Waals surface area contributed by atoms with E-state index in [0.717, 1.165) is 13.0 Å². The van der Waals surface area contributed by atoms with E-state index in [0.29, 0.717) is 35.9 Å². The molecule has 0 aliphatic carbocycles. The summed E-state index contributed by atoms with van der Waals surface area (Å²) in [4.78, 5) is 7.44. The topological polar surface area (TPSA) is 102 Å². The van der Waals surface area contributed by atoms with Crippen LogP contribution >= 0.6 is 0 Å². The van der Waals surface area contributed by atoms with Gasteiger partial charge in [0.2, 0.25) is 0 Å². The normalized spacial score (nSPS) is 14.3. The van der Waals surface area contributed by atoms with Crippen molar-refractivity contribution in [3.63, 3.8) is 0 Å². The zero-order valence-corrected chi connectivity index (χ0v) is 15.8. The zero-order valence-electron chi connectivity index (χ0n) is 15.0. The number of aliphatic imine (C=N–C) groups is 1. The van der Waals surface area contributed by atoms with Crippen LogP contribution in [0.4, 0.5) is 5.69 Å². The Hall–Kier alpha value is -2.87. The molecular weight excluding hydrogens is 366 g/mol. The maximum atomic E-state index is 12.5. The van der Waals surface area contributed by atoms with E-state index in [1.807, 2.05) is 6.92 Å². The minimum absolute atomic E-state index is 0.00255. The molecule has 3 N–H and O–H groups in total. The van der Waals surface area contributed by atoms with Gasteiger partial charge < -0.3 is 9.84 Å². The van der Waals surface area contributed by atoms with Gasteiger partial charge in [-0.25, -0.2) is 0 Å². The Balaban J connectivity index is 1.82. The van der Waals surface area contributed by atoms with Gasteiger partial charge in [0.1, 0.15) is 4.90 Å². The molecule has 7 nitrogen and oxygen atoms in total. The smallest absolute Gasteiger partial charge is 0.328 e. The molecule has 0 saturated heterocycles. The van der Waals surface area contributed by atoms with Crippen LogP contribution in [0.5, 0.6) is 11.5 Å². The summed E-state index contributed by atoms with van der Waals surface area (Å²) in [5.41, 5.74) is 0.946. The molecule has 1 aliphatic rings. The quantitative estimate of drug-likeness (QED) is 0.645. The van der Waals surface area contributed by atoms with Crippen molar-refractivity contribution in [3.05, 3.63) is 48.0 Å². The van der Waals surface area contributed by atoms with Crippen molar-refractivity contribution in [2.24, 2.45) is 4.99 Å². The van der Waals surface area contributed by atoms with Gasteiger partial charge >= 0.3 is 10.0 Å². The molecule has 27 heavy (non-hydrogen) atoms. The summed E-state index contributed by atoms with van der Waals surface area (Å²) in [5, 5.41) is 10.2. The number of amidine groups is 1. The van der Waals surface area contributed by atoms with Crippen molar-refractivity contribution in [1.82, 2.24) is 4.72 Å². The van der Waals surface area contributed by atoms with E-state index in [-0.39, 0.29) is 10.6 Å². The first-order valence-electron chi connectivity index (χ1n) is 8.71. The highest BCUT2D eigenvalue weighted by Gasteiger charge is 2.24. The number of rotatable bonds is 6. The number of ether oxygens (including phenoxy) is 1. The van der Waals surface area contributed by atoms with Gasteiger partial charge in [-0.1, -0.05) is 12.1 Å². The van der Waals surface area contributed by atoms with Crippen molar-refractivity contribution in [2.75, 3.05) is 13.2 Å². The van der Waals surface area contributed by atoms with Gasteiger partial charge in [-0.05, 0) is 43.7 Å². The molecule has 0 atom stereocenters. The van der Waals surface area contributed by atoms with Gasteiger partial charge in [-0.2, -0.15) is 13.1 Å². The Morgan fingerprint density at radius 3 is 2.85 bits per heavy atom. The lowest BCUT2D eigenvalue weighted by molar-refractivity contribution is -0.448. The van der Waals surface area contributed by atoms with Gasteiger partial charge in [-0.15, -0.1) is 0 Å². The Labute approximate surface area is 158 Å². The van der Waals surface area contributed by atoms with E-state index < -0.39 is 10.0 Å². The minimum Gasteiger partial charge on any atom is -0.504 e. The molecule has 3 rings (SSSR count). The highest BCUT2D eigenvalue weighted by Crippen LogP contribution is 2.29. The largest absolute Gasteiger partial charge is 0.504 e. The number of phenols is 1. The average molecular weight is 388 g/mol. The number of para-hydroxylation sites is 1. The molecular formula is C19H22N3O4S+. The fourth-order valence-corrected chi connectivity index (χ4v) is 3.84. The Morgan fingerprint density at radius 2 is 2.11 bits per heavy atom.